The molecule has 0 saturated heterocycles. The van der Waals surface area contributed by atoms with Crippen molar-refractivity contribution in [2.75, 3.05) is 20.4 Å². The molecule has 160 valence electrons. The van der Waals surface area contributed by atoms with Gasteiger partial charge in [-0.05, 0) is 38.3 Å². The van der Waals surface area contributed by atoms with Gasteiger partial charge >= 0.3 is 12.1 Å². The molecule has 0 aliphatic rings. The molecule has 1 aromatic carbocycles. The van der Waals surface area contributed by atoms with Crippen molar-refractivity contribution in [1.29, 1.82) is 0 Å². The van der Waals surface area contributed by atoms with Crippen molar-refractivity contribution in [2.45, 2.75) is 52.7 Å². The fourth-order valence-electron chi connectivity index (χ4n) is 2.90. The minimum atomic E-state index is -0.872. The van der Waals surface area contributed by atoms with Crippen LogP contribution in [0.25, 0.3) is 10.9 Å². The van der Waals surface area contributed by atoms with Crippen LogP contribution in [-0.4, -0.2) is 54.0 Å². The molecule has 0 radical (unpaired) electrons. The summed E-state index contributed by atoms with van der Waals surface area (Å²) in [5.41, 5.74) is 1.18. The highest BCUT2D eigenvalue weighted by Gasteiger charge is 2.35. The number of benzene rings is 1. The zero-order valence-electron chi connectivity index (χ0n) is 18.2. The van der Waals surface area contributed by atoms with Gasteiger partial charge in [-0.1, -0.05) is 32.0 Å². The average molecular weight is 405 g/mol. The molecule has 0 aliphatic heterocycles. The molecule has 2 aromatic rings. The van der Waals surface area contributed by atoms with Crippen LogP contribution in [0.3, 0.4) is 0 Å². The highest BCUT2D eigenvalue weighted by atomic mass is 16.6. The van der Waals surface area contributed by atoms with Gasteiger partial charge in [0, 0.05) is 30.6 Å². The van der Waals surface area contributed by atoms with Crippen LogP contribution < -0.4 is 0 Å². The number of esters is 1. The van der Waals surface area contributed by atoms with Gasteiger partial charge in [0.25, 0.3) is 0 Å². The Kier molecular flexibility index (Phi) is 7.67. The number of ether oxygens (including phenoxy) is 3. The number of nitrogens with one attached hydrogen (secondary N) is 1. The van der Waals surface area contributed by atoms with Crippen LogP contribution in [0.15, 0.2) is 30.5 Å². The quantitative estimate of drug-likeness (QED) is 0.529. The topological polar surface area (TPSA) is 80.9 Å². The van der Waals surface area contributed by atoms with E-state index >= 15 is 0 Å². The van der Waals surface area contributed by atoms with E-state index in [-0.39, 0.29) is 25.7 Å². The normalized spacial score (nSPS) is 12.8. The van der Waals surface area contributed by atoms with Crippen molar-refractivity contribution in [3.63, 3.8) is 0 Å². The predicted octanol–water partition coefficient (Wildman–Crippen LogP) is 4.12. The van der Waals surface area contributed by atoms with E-state index in [2.05, 4.69) is 4.98 Å². The molecule has 7 heteroatoms. The summed E-state index contributed by atoms with van der Waals surface area (Å²) in [4.78, 5) is 30.3. The first-order chi connectivity index (χ1) is 13.6. The number of amides is 1. The van der Waals surface area contributed by atoms with Crippen molar-refractivity contribution in [2.24, 2.45) is 5.92 Å². The van der Waals surface area contributed by atoms with Crippen LogP contribution in [-0.2, 0) is 25.4 Å². The summed E-state index contributed by atoms with van der Waals surface area (Å²) in [6.45, 7) is 9.45. The van der Waals surface area contributed by atoms with Gasteiger partial charge in [0.15, 0.2) is 0 Å². The maximum Gasteiger partial charge on any atom is 0.412 e. The molecule has 0 bridgehead atoms. The van der Waals surface area contributed by atoms with Gasteiger partial charge in [-0.3, -0.25) is 4.90 Å². The van der Waals surface area contributed by atoms with Crippen molar-refractivity contribution in [3.05, 3.63) is 36.0 Å². The van der Waals surface area contributed by atoms with Crippen LogP contribution in [0.1, 0.15) is 40.2 Å². The zero-order valence-corrected chi connectivity index (χ0v) is 18.2. The number of carbonyl (C=O) groups excluding carboxylic acids is 2. The van der Waals surface area contributed by atoms with Gasteiger partial charge in [-0.15, -0.1) is 0 Å². The summed E-state index contributed by atoms with van der Waals surface area (Å²) in [5, 5.41) is 0.996. The van der Waals surface area contributed by atoms with Gasteiger partial charge in [-0.2, -0.15) is 0 Å². The number of H-pyrrole nitrogens is 1. The second kappa shape index (κ2) is 9.78. The molecule has 1 amide bonds. The molecular weight excluding hydrogens is 372 g/mol. The Bertz CT molecular complexity index is 822. The lowest BCUT2D eigenvalue weighted by molar-refractivity contribution is -0.153. The molecule has 0 aliphatic carbocycles. The van der Waals surface area contributed by atoms with E-state index in [9.17, 15) is 9.59 Å². The largest absolute Gasteiger partial charge is 0.464 e. The van der Waals surface area contributed by atoms with Crippen molar-refractivity contribution >= 4 is 23.0 Å². The third kappa shape index (κ3) is 6.49. The highest BCUT2D eigenvalue weighted by Crippen LogP contribution is 2.22. The molecular formula is C22H32N2O5. The van der Waals surface area contributed by atoms with Crippen molar-refractivity contribution < 1.29 is 23.8 Å². The van der Waals surface area contributed by atoms with Crippen LogP contribution >= 0.6 is 0 Å². The Balaban J connectivity index is 2.35. The first-order valence-corrected chi connectivity index (χ1v) is 9.82. The van der Waals surface area contributed by atoms with Gasteiger partial charge in [-0.25, -0.2) is 9.59 Å². The molecule has 0 saturated carbocycles. The van der Waals surface area contributed by atoms with Gasteiger partial charge in [0.05, 0.1) is 6.61 Å². The van der Waals surface area contributed by atoms with Gasteiger partial charge in [0.1, 0.15) is 18.4 Å². The summed E-state index contributed by atoms with van der Waals surface area (Å²) in [7, 11) is 1.47. The van der Waals surface area contributed by atoms with Crippen LogP contribution in [0.2, 0.25) is 0 Å². The number of hydrogen-bond donors (Lipinski definition) is 1. The molecule has 2 rings (SSSR count). The molecule has 1 heterocycles. The Labute approximate surface area is 172 Å². The van der Waals surface area contributed by atoms with E-state index in [1.165, 1.54) is 12.0 Å². The number of para-hydroxylation sites is 1. The number of hydrogen-bond acceptors (Lipinski definition) is 5. The first kappa shape index (κ1) is 22.7. The molecule has 29 heavy (non-hydrogen) atoms. The van der Waals surface area contributed by atoms with E-state index in [1.807, 2.05) is 44.3 Å². The standard InChI is InChI=1S/C22H32N2O5/c1-15(2)13-28-20(25)19(24(14-27-6)21(26)29-22(3,4)5)11-16-12-23-18-10-8-7-9-17(16)18/h7-10,12,15,19,23H,11,13-14H2,1-6H3/t19-/m0/s1. The summed E-state index contributed by atoms with van der Waals surface area (Å²) >= 11 is 0. The molecule has 1 aromatic heterocycles. The molecule has 0 fully saturated rings. The molecule has 0 unspecified atom stereocenters. The van der Waals surface area contributed by atoms with E-state index < -0.39 is 23.7 Å². The number of aromatic nitrogens is 1. The molecule has 7 nitrogen and oxygen atoms in total. The fraction of sp³-hybridized carbons (Fsp3) is 0.545. The first-order valence-electron chi connectivity index (χ1n) is 9.82. The maximum absolute atomic E-state index is 13.0. The summed E-state index contributed by atoms with van der Waals surface area (Å²) in [6, 6.07) is 6.95. The van der Waals surface area contributed by atoms with Crippen LogP contribution in [0.4, 0.5) is 4.79 Å². The molecule has 1 atom stereocenters. The zero-order chi connectivity index (χ0) is 21.6. The minimum absolute atomic E-state index is 0.0846. The summed E-state index contributed by atoms with van der Waals surface area (Å²) < 4.78 is 16.2. The number of rotatable bonds is 8. The SMILES string of the molecule is COCN(C(=O)OC(C)(C)C)[C@@H](Cc1c[nH]c2ccccc12)C(=O)OCC(C)C. The third-order valence-corrected chi connectivity index (χ3v) is 4.19. The van der Waals surface area contributed by atoms with Crippen LogP contribution in [0.5, 0.6) is 0 Å². The number of carbonyl (C=O) groups is 2. The monoisotopic (exact) mass is 404 g/mol. The number of fused-ring (bicyclic) bond motifs is 1. The Morgan fingerprint density at radius 1 is 1.17 bits per heavy atom. The van der Waals surface area contributed by atoms with E-state index in [0.717, 1.165) is 16.5 Å². The van der Waals surface area contributed by atoms with Crippen LogP contribution in [0, 0.1) is 5.92 Å². The second-order valence-electron chi connectivity index (χ2n) is 8.47. The van der Waals surface area contributed by atoms with Gasteiger partial charge in [0.2, 0.25) is 0 Å². The number of nitrogens with zero attached hydrogens (tertiary/aromatic N) is 1. The van der Waals surface area contributed by atoms with E-state index in [1.54, 1.807) is 20.8 Å². The van der Waals surface area contributed by atoms with Gasteiger partial charge < -0.3 is 19.2 Å². The molecule has 1 N–H and O–H groups in total. The predicted molar refractivity (Wildman–Crippen MR) is 112 cm³/mol. The van der Waals surface area contributed by atoms with Crippen molar-refractivity contribution in [3.8, 4) is 0 Å². The fourth-order valence-corrected chi connectivity index (χ4v) is 2.90. The van der Waals surface area contributed by atoms with E-state index in [0.29, 0.717) is 0 Å². The highest BCUT2D eigenvalue weighted by molar-refractivity contribution is 5.86. The average Bonchev–Trinajstić information content (AvgIpc) is 3.04. The smallest absolute Gasteiger partial charge is 0.412 e. The number of aromatic amines is 1. The Hall–Kier alpha value is -2.54. The molecule has 0 spiro atoms. The van der Waals surface area contributed by atoms with Crippen molar-refractivity contribution in [1.82, 2.24) is 9.88 Å². The third-order valence-electron chi connectivity index (χ3n) is 4.19. The summed E-state index contributed by atoms with van der Waals surface area (Å²) in [6.07, 6.45) is 1.52. The lowest BCUT2D eigenvalue weighted by Crippen LogP contribution is -2.50. The Morgan fingerprint density at radius 3 is 2.48 bits per heavy atom. The minimum Gasteiger partial charge on any atom is -0.464 e. The second-order valence-corrected chi connectivity index (χ2v) is 8.47. The Morgan fingerprint density at radius 2 is 1.86 bits per heavy atom. The number of methoxy groups -OCH3 is 1. The maximum atomic E-state index is 13.0. The summed E-state index contributed by atoms with van der Waals surface area (Å²) in [5.74, 6) is -0.294. The van der Waals surface area contributed by atoms with E-state index in [4.69, 9.17) is 14.2 Å². The lowest BCUT2D eigenvalue weighted by atomic mass is 10.0. The lowest BCUT2D eigenvalue weighted by Gasteiger charge is -2.32.